The Labute approximate surface area is 153 Å². The van der Waals surface area contributed by atoms with E-state index in [1.165, 1.54) is 0 Å². The maximum Gasteiger partial charge on any atom is 0.246 e. The number of hydrogen-bond acceptors (Lipinski definition) is 6. The Hall–Kier alpha value is -2.57. The number of rotatable bonds is 6. The van der Waals surface area contributed by atoms with E-state index >= 15 is 0 Å². The summed E-state index contributed by atoms with van der Waals surface area (Å²) >= 11 is 0. The number of carbonyl (C=O) groups is 1. The lowest BCUT2D eigenvalue weighted by Gasteiger charge is -2.27. The Morgan fingerprint density at radius 1 is 1.42 bits per heavy atom. The van der Waals surface area contributed by atoms with Crippen LogP contribution in [0.5, 0.6) is 11.5 Å². The molecule has 0 bridgehead atoms. The predicted octanol–water partition coefficient (Wildman–Crippen LogP) is 2.49. The van der Waals surface area contributed by atoms with E-state index in [0.717, 1.165) is 23.5 Å². The van der Waals surface area contributed by atoms with E-state index in [1.807, 2.05) is 18.2 Å². The summed E-state index contributed by atoms with van der Waals surface area (Å²) in [5, 5.41) is 3.97. The molecule has 0 radical (unpaired) electrons. The van der Waals surface area contributed by atoms with Gasteiger partial charge in [0, 0.05) is 19.5 Å². The monoisotopic (exact) mass is 359 g/mol. The Kier molecular flexibility index (Phi) is 5.44. The summed E-state index contributed by atoms with van der Waals surface area (Å²) in [5.74, 6) is 2.91. The Morgan fingerprint density at radius 2 is 2.23 bits per heavy atom. The van der Waals surface area contributed by atoms with Crippen molar-refractivity contribution >= 4 is 5.91 Å². The molecule has 1 aliphatic heterocycles. The average molecular weight is 359 g/mol. The van der Waals surface area contributed by atoms with Crippen LogP contribution in [-0.4, -0.2) is 41.7 Å². The van der Waals surface area contributed by atoms with E-state index in [1.54, 1.807) is 19.1 Å². The molecule has 0 fully saturated rings. The minimum Gasteiger partial charge on any atom is -0.497 e. The number of benzene rings is 1. The zero-order valence-corrected chi connectivity index (χ0v) is 15.7. The number of hydrogen-bond donors (Lipinski definition) is 0. The number of ether oxygens (including phenoxy) is 2. The summed E-state index contributed by atoms with van der Waals surface area (Å²) in [4.78, 5) is 18.7. The topological polar surface area (TPSA) is 77.7 Å². The van der Waals surface area contributed by atoms with E-state index in [0.29, 0.717) is 37.2 Å². The van der Waals surface area contributed by atoms with Crippen molar-refractivity contribution in [1.82, 2.24) is 15.0 Å². The lowest BCUT2D eigenvalue weighted by Crippen LogP contribution is -2.38. The molecule has 0 saturated heterocycles. The lowest BCUT2D eigenvalue weighted by atomic mass is 9.95. The minimum atomic E-state index is -0.223. The van der Waals surface area contributed by atoms with Crippen LogP contribution in [0.3, 0.4) is 0 Å². The molecule has 1 aliphatic rings. The SMILES string of the molecule is COc1ccc2c(c1)OC[C@H](C(=O)N(C)Cc1nc(CC(C)C)no1)C2. The van der Waals surface area contributed by atoms with Crippen LogP contribution < -0.4 is 9.47 Å². The summed E-state index contributed by atoms with van der Waals surface area (Å²) in [6.07, 6.45) is 1.41. The van der Waals surface area contributed by atoms with Gasteiger partial charge in [0.2, 0.25) is 11.8 Å². The van der Waals surface area contributed by atoms with Gasteiger partial charge in [-0.25, -0.2) is 0 Å². The number of nitrogens with zero attached hydrogens (tertiary/aromatic N) is 3. The van der Waals surface area contributed by atoms with Gasteiger partial charge in [-0.05, 0) is 24.0 Å². The van der Waals surface area contributed by atoms with Crippen molar-refractivity contribution in [3.8, 4) is 11.5 Å². The van der Waals surface area contributed by atoms with E-state index < -0.39 is 0 Å². The number of fused-ring (bicyclic) bond motifs is 1. The molecule has 1 atom stereocenters. The molecule has 1 aromatic carbocycles. The molecule has 0 saturated carbocycles. The summed E-state index contributed by atoms with van der Waals surface area (Å²) in [5.41, 5.74) is 1.01. The highest BCUT2D eigenvalue weighted by Gasteiger charge is 2.29. The van der Waals surface area contributed by atoms with E-state index in [4.69, 9.17) is 14.0 Å². The number of methoxy groups -OCH3 is 1. The summed E-state index contributed by atoms with van der Waals surface area (Å²) in [6.45, 7) is 4.85. The third-order valence-electron chi connectivity index (χ3n) is 4.38. The van der Waals surface area contributed by atoms with Gasteiger partial charge in [-0.15, -0.1) is 0 Å². The maximum atomic E-state index is 12.8. The highest BCUT2D eigenvalue weighted by Crippen LogP contribution is 2.31. The first kappa shape index (κ1) is 18.2. The van der Waals surface area contributed by atoms with Crippen LogP contribution >= 0.6 is 0 Å². The largest absolute Gasteiger partial charge is 0.497 e. The molecule has 0 N–H and O–H groups in total. The minimum absolute atomic E-state index is 0.00933. The van der Waals surface area contributed by atoms with E-state index in [-0.39, 0.29) is 11.8 Å². The van der Waals surface area contributed by atoms with Gasteiger partial charge in [-0.3, -0.25) is 4.79 Å². The normalized spacial score (nSPS) is 16.1. The molecule has 0 aliphatic carbocycles. The van der Waals surface area contributed by atoms with Crippen LogP contribution in [0, 0.1) is 11.8 Å². The molecule has 26 heavy (non-hydrogen) atoms. The lowest BCUT2D eigenvalue weighted by molar-refractivity contribution is -0.136. The molecule has 1 aromatic heterocycles. The second kappa shape index (κ2) is 7.76. The first-order valence-corrected chi connectivity index (χ1v) is 8.82. The maximum absolute atomic E-state index is 12.8. The molecule has 7 nitrogen and oxygen atoms in total. The van der Waals surface area contributed by atoms with Crippen molar-refractivity contribution in [2.75, 3.05) is 20.8 Å². The van der Waals surface area contributed by atoms with Crippen LogP contribution in [0.1, 0.15) is 31.1 Å². The van der Waals surface area contributed by atoms with Gasteiger partial charge >= 0.3 is 0 Å². The standard InChI is InChI=1S/C19H25N3O4/c1-12(2)7-17-20-18(26-21-17)10-22(3)19(23)14-8-13-5-6-15(24-4)9-16(13)25-11-14/h5-6,9,12,14H,7-8,10-11H2,1-4H3/t14-/m1/s1. The summed E-state index contributed by atoms with van der Waals surface area (Å²) in [7, 11) is 3.37. The summed E-state index contributed by atoms with van der Waals surface area (Å²) < 4.78 is 16.2. The van der Waals surface area contributed by atoms with Crippen molar-refractivity contribution in [2.24, 2.45) is 11.8 Å². The Bertz CT molecular complexity index is 772. The third-order valence-corrected chi connectivity index (χ3v) is 4.38. The fourth-order valence-corrected chi connectivity index (χ4v) is 3.03. The predicted molar refractivity (Wildman–Crippen MR) is 95.0 cm³/mol. The van der Waals surface area contributed by atoms with E-state index in [2.05, 4.69) is 24.0 Å². The number of amides is 1. The fraction of sp³-hybridized carbons (Fsp3) is 0.526. The van der Waals surface area contributed by atoms with Crippen molar-refractivity contribution in [3.63, 3.8) is 0 Å². The molecule has 0 unspecified atom stereocenters. The van der Waals surface area contributed by atoms with Gasteiger partial charge in [0.05, 0.1) is 19.6 Å². The molecule has 2 heterocycles. The molecule has 140 valence electrons. The highest BCUT2D eigenvalue weighted by atomic mass is 16.5. The first-order valence-electron chi connectivity index (χ1n) is 8.82. The van der Waals surface area contributed by atoms with Gasteiger partial charge in [-0.1, -0.05) is 25.1 Å². The van der Waals surface area contributed by atoms with Crippen molar-refractivity contribution < 1.29 is 18.8 Å². The second-order valence-electron chi connectivity index (χ2n) is 7.08. The van der Waals surface area contributed by atoms with Crippen molar-refractivity contribution in [2.45, 2.75) is 33.2 Å². The van der Waals surface area contributed by atoms with Gasteiger partial charge in [0.25, 0.3) is 0 Å². The smallest absolute Gasteiger partial charge is 0.246 e. The molecule has 3 rings (SSSR count). The molecule has 0 spiro atoms. The van der Waals surface area contributed by atoms with E-state index in [9.17, 15) is 4.79 Å². The zero-order valence-electron chi connectivity index (χ0n) is 15.7. The molecule has 1 amide bonds. The van der Waals surface area contributed by atoms with Crippen LogP contribution in [0.25, 0.3) is 0 Å². The molecular formula is C19H25N3O4. The molecule has 2 aromatic rings. The Balaban J connectivity index is 1.61. The Morgan fingerprint density at radius 3 is 2.96 bits per heavy atom. The zero-order chi connectivity index (χ0) is 18.7. The van der Waals surface area contributed by atoms with Gasteiger partial charge in [0.1, 0.15) is 18.1 Å². The van der Waals surface area contributed by atoms with Crippen molar-refractivity contribution in [1.29, 1.82) is 0 Å². The second-order valence-corrected chi connectivity index (χ2v) is 7.08. The fourth-order valence-electron chi connectivity index (χ4n) is 3.03. The third kappa shape index (κ3) is 4.15. The van der Waals surface area contributed by atoms with Crippen LogP contribution in [0.15, 0.2) is 22.7 Å². The van der Waals surface area contributed by atoms with Crippen LogP contribution in [0.4, 0.5) is 0 Å². The average Bonchev–Trinajstić information content (AvgIpc) is 3.06. The first-order chi connectivity index (χ1) is 12.5. The number of carbonyl (C=O) groups excluding carboxylic acids is 1. The van der Waals surface area contributed by atoms with Crippen molar-refractivity contribution in [3.05, 3.63) is 35.5 Å². The van der Waals surface area contributed by atoms with Gasteiger partial charge in [-0.2, -0.15) is 4.98 Å². The quantitative estimate of drug-likeness (QED) is 0.788. The van der Waals surface area contributed by atoms with Crippen LogP contribution in [-0.2, 0) is 24.2 Å². The molecular weight excluding hydrogens is 334 g/mol. The summed E-state index contributed by atoms with van der Waals surface area (Å²) in [6, 6.07) is 5.69. The van der Waals surface area contributed by atoms with Gasteiger partial charge in [0.15, 0.2) is 5.82 Å². The number of aromatic nitrogens is 2. The van der Waals surface area contributed by atoms with Crippen LogP contribution in [0.2, 0.25) is 0 Å². The van der Waals surface area contributed by atoms with Gasteiger partial charge < -0.3 is 18.9 Å². The highest BCUT2D eigenvalue weighted by molar-refractivity contribution is 5.79. The molecule has 7 heteroatoms.